The molecule has 1 aromatic carbocycles. The van der Waals surface area contributed by atoms with Crippen molar-refractivity contribution in [1.29, 1.82) is 0 Å². The first-order chi connectivity index (χ1) is 9.93. The second kappa shape index (κ2) is 6.71. The average molecular weight is 354 g/mol. The lowest BCUT2D eigenvalue weighted by molar-refractivity contribution is 0.496. The maximum atomic E-state index is 14.3. The van der Waals surface area contributed by atoms with Crippen LogP contribution < -0.4 is 5.32 Å². The molecular weight excluding hydrogens is 333 g/mol. The van der Waals surface area contributed by atoms with Crippen LogP contribution in [0.3, 0.4) is 0 Å². The second-order valence-electron chi connectivity index (χ2n) is 5.31. The number of halogens is 2. The van der Waals surface area contributed by atoms with Gasteiger partial charge >= 0.3 is 0 Å². The maximum Gasteiger partial charge on any atom is 0.128 e. The summed E-state index contributed by atoms with van der Waals surface area (Å²) in [6.07, 6.45) is 0.686. The third-order valence-corrected chi connectivity index (χ3v) is 4.67. The highest BCUT2D eigenvalue weighted by molar-refractivity contribution is 9.10. The molecule has 1 unspecified atom stereocenters. The summed E-state index contributed by atoms with van der Waals surface area (Å²) >= 11 is 3.58. The zero-order valence-electron chi connectivity index (χ0n) is 12.9. The van der Waals surface area contributed by atoms with E-state index in [0.717, 1.165) is 28.0 Å². The van der Waals surface area contributed by atoms with Gasteiger partial charge in [0, 0.05) is 25.1 Å². The SMILES string of the molecule is CCNC(Cc1c(Br)c(C)nn1C)c1ccc(C)cc1F. The number of likely N-dealkylation sites (N-methyl/N-ethyl adjacent to an activating group) is 1. The minimum Gasteiger partial charge on any atom is -0.310 e. The Morgan fingerprint density at radius 2 is 2.10 bits per heavy atom. The Balaban J connectivity index is 2.35. The molecule has 2 aromatic rings. The third-order valence-electron chi connectivity index (χ3n) is 3.64. The van der Waals surface area contributed by atoms with Gasteiger partial charge < -0.3 is 5.32 Å². The summed E-state index contributed by atoms with van der Waals surface area (Å²) in [4.78, 5) is 0. The van der Waals surface area contributed by atoms with Crippen LogP contribution in [0.1, 0.15) is 35.5 Å². The van der Waals surface area contributed by atoms with Crippen molar-refractivity contribution in [3.63, 3.8) is 0 Å². The Hall–Kier alpha value is -1.20. The van der Waals surface area contributed by atoms with Gasteiger partial charge in [-0.05, 0) is 48.0 Å². The lowest BCUT2D eigenvalue weighted by atomic mass is 9.99. The minimum atomic E-state index is -0.157. The van der Waals surface area contributed by atoms with Crippen LogP contribution >= 0.6 is 15.9 Å². The van der Waals surface area contributed by atoms with Crippen LogP contribution in [-0.2, 0) is 13.5 Å². The van der Waals surface area contributed by atoms with Gasteiger partial charge in [-0.1, -0.05) is 19.1 Å². The first kappa shape index (κ1) is 16.2. The molecule has 1 N–H and O–H groups in total. The molecule has 0 radical (unpaired) electrons. The maximum absolute atomic E-state index is 14.3. The summed E-state index contributed by atoms with van der Waals surface area (Å²) in [6.45, 7) is 6.67. The molecule has 21 heavy (non-hydrogen) atoms. The molecular formula is C16H21BrFN3. The van der Waals surface area contributed by atoms with E-state index < -0.39 is 0 Å². The van der Waals surface area contributed by atoms with Gasteiger partial charge in [0.1, 0.15) is 5.82 Å². The highest BCUT2D eigenvalue weighted by atomic mass is 79.9. The predicted octanol–water partition coefficient (Wildman–Crippen LogP) is 3.83. The van der Waals surface area contributed by atoms with Gasteiger partial charge in [0.25, 0.3) is 0 Å². The molecule has 0 fully saturated rings. The predicted molar refractivity (Wildman–Crippen MR) is 86.9 cm³/mol. The van der Waals surface area contributed by atoms with Crippen molar-refractivity contribution in [3.8, 4) is 0 Å². The molecule has 0 amide bonds. The van der Waals surface area contributed by atoms with Crippen LogP contribution in [0.15, 0.2) is 22.7 Å². The molecule has 0 aliphatic carbocycles. The number of benzene rings is 1. The van der Waals surface area contributed by atoms with Crippen molar-refractivity contribution in [2.45, 2.75) is 33.2 Å². The van der Waals surface area contributed by atoms with Gasteiger partial charge in [-0.2, -0.15) is 5.10 Å². The van der Waals surface area contributed by atoms with E-state index >= 15 is 0 Å². The van der Waals surface area contributed by atoms with Crippen molar-refractivity contribution >= 4 is 15.9 Å². The third kappa shape index (κ3) is 3.52. The van der Waals surface area contributed by atoms with Gasteiger partial charge in [0.15, 0.2) is 0 Å². The van der Waals surface area contributed by atoms with Gasteiger partial charge in [0.05, 0.1) is 15.9 Å². The molecule has 1 heterocycles. The number of rotatable bonds is 5. The summed E-state index contributed by atoms with van der Waals surface area (Å²) in [5.41, 5.74) is 3.66. The van der Waals surface area contributed by atoms with E-state index in [2.05, 4.69) is 26.3 Å². The van der Waals surface area contributed by atoms with Crippen molar-refractivity contribution < 1.29 is 4.39 Å². The summed E-state index contributed by atoms with van der Waals surface area (Å²) in [5, 5.41) is 7.77. The monoisotopic (exact) mass is 353 g/mol. The molecule has 0 aliphatic heterocycles. The lowest BCUT2D eigenvalue weighted by Gasteiger charge is -2.20. The second-order valence-corrected chi connectivity index (χ2v) is 6.10. The topological polar surface area (TPSA) is 29.9 Å². The Labute approximate surface area is 133 Å². The summed E-state index contributed by atoms with van der Waals surface area (Å²) in [5.74, 6) is -0.157. The number of nitrogens with zero attached hydrogens (tertiary/aromatic N) is 2. The minimum absolute atomic E-state index is 0.0679. The molecule has 0 aliphatic rings. The molecule has 3 nitrogen and oxygen atoms in total. The molecule has 0 saturated heterocycles. The quantitative estimate of drug-likeness (QED) is 0.884. The molecule has 0 bridgehead atoms. The normalized spacial score (nSPS) is 12.7. The largest absolute Gasteiger partial charge is 0.310 e. The van der Waals surface area contributed by atoms with E-state index in [0.29, 0.717) is 12.0 Å². The van der Waals surface area contributed by atoms with Crippen LogP contribution in [0.2, 0.25) is 0 Å². The Morgan fingerprint density at radius 1 is 1.38 bits per heavy atom. The molecule has 2 rings (SSSR count). The van der Waals surface area contributed by atoms with Gasteiger partial charge in [-0.25, -0.2) is 4.39 Å². The number of hydrogen-bond acceptors (Lipinski definition) is 2. The zero-order valence-corrected chi connectivity index (χ0v) is 14.5. The molecule has 114 valence electrons. The molecule has 0 spiro atoms. The Morgan fingerprint density at radius 3 is 2.62 bits per heavy atom. The van der Waals surface area contributed by atoms with Crippen molar-refractivity contribution in [2.75, 3.05) is 6.54 Å². The van der Waals surface area contributed by atoms with Crippen molar-refractivity contribution in [3.05, 3.63) is 51.0 Å². The first-order valence-corrected chi connectivity index (χ1v) is 7.90. The van der Waals surface area contributed by atoms with Crippen LogP contribution in [0.25, 0.3) is 0 Å². The molecule has 1 atom stereocenters. The summed E-state index contributed by atoms with van der Waals surface area (Å²) < 4.78 is 17.1. The van der Waals surface area contributed by atoms with Gasteiger partial charge in [-0.3, -0.25) is 4.68 Å². The summed E-state index contributed by atoms with van der Waals surface area (Å²) in [6, 6.07) is 5.34. The van der Waals surface area contributed by atoms with Crippen LogP contribution in [0, 0.1) is 19.7 Å². The number of aromatic nitrogens is 2. The van der Waals surface area contributed by atoms with E-state index in [1.807, 2.05) is 44.6 Å². The van der Waals surface area contributed by atoms with Crippen LogP contribution in [0.5, 0.6) is 0 Å². The molecule has 5 heteroatoms. The van der Waals surface area contributed by atoms with E-state index in [-0.39, 0.29) is 11.9 Å². The fourth-order valence-electron chi connectivity index (χ4n) is 2.55. The standard InChI is InChI=1S/C16H21BrFN3/c1-5-19-14(12-7-6-10(2)8-13(12)18)9-15-16(17)11(3)20-21(15)4/h6-8,14,19H,5,9H2,1-4H3. The first-order valence-electron chi connectivity index (χ1n) is 7.11. The Kier molecular flexibility index (Phi) is 5.17. The zero-order chi connectivity index (χ0) is 15.6. The average Bonchev–Trinajstić information content (AvgIpc) is 2.65. The lowest BCUT2D eigenvalue weighted by Crippen LogP contribution is -2.25. The van der Waals surface area contributed by atoms with Crippen molar-refractivity contribution in [2.24, 2.45) is 7.05 Å². The van der Waals surface area contributed by atoms with Crippen LogP contribution in [-0.4, -0.2) is 16.3 Å². The highest BCUT2D eigenvalue weighted by Gasteiger charge is 2.20. The van der Waals surface area contributed by atoms with E-state index in [1.165, 1.54) is 0 Å². The smallest absolute Gasteiger partial charge is 0.128 e. The van der Waals surface area contributed by atoms with Crippen molar-refractivity contribution in [1.82, 2.24) is 15.1 Å². The number of nitrogens with one attached hydrogen (secondary N) is 1. The van der Waals surface area contributed by atoms with Gasteiger partial charge in [-0.15, -0.1) is 0 Å². The van der Waals surface area contributed by atoms with E-state index in [9.17, 15) is 4.39 Å². The molecule has 0 saturated carbocycles. The van der Waals surface area contributed by atoms with Crippen LogP contribution in [0.4, 0.5) is 4.39 Å². The number of aryl methyl sites for hydroxylation is 3. The van der Waals surface area contributed by atoms with E-state index in [1.54, 1.807) is 6.07 Å². The van der Waals surface area contributed by atoms with E-state index in [4.69, 9.17) is 0 Å². The van der Waals surface area contributed by atoms with Gasteiger partial charge in [0.2, 0.25) is 0 Å². The fraction of sp³-hybridized carbons (Fsp3) is 0.438. The number of hydrogen-bond donors (Lipinski definition) is 1. The fourth-order valence-corrected chi connectivity index (χ4v) is 3.05. The highest BCUT2D eigenvalue weighted by Crippen LogP contribution is 2.27. The summed E-state index contributed by atoms with van der Waals surface area (Å²) in [7, 11) is 1.92. The molecule has 1 aromatic heterocycles. The Bertz CT molecular complexity index is 637.